The highest BCUT2D eigenvalue weighted by molar-refractivity contribution is 7.82. The lowest BCUT2D eigenvalue weighted by Gasteiger charge is -2.13. The van der Waals surface area contributed by atoms with Gasteiger partial charge in [0, 0.05) is 0 Å². The lowest BCUT2D eigenvalue weighted by molar-refractivity contribution is 0.388. The van der Waals surface area contributed by atoms with Crippen molar-refractivity contribution in [3.05, 3.63) is 59.7 Å². The predicted octanol–water partition coefficient (Wildman–Crippen LogP) is 5.85. The molecule has 0 saturated carbocycles. The summed E-state index contributed by atoms with van der Waals surface area (Å²) < 4.78 is 35.6. The Labute approximate surface area is 163 Å². The van der Waals surface area contributed by atoms with E-state index in [-0.39, 0.29) is 0 Å². The molecule has 4 nitrogen and oxygen atoms in total. The normalized spacial score (nSPS) is 11.3. The van der Waals surface area contributed by atoms with Crippen molar-refractivity contribution in [2.24, 2.45) is 0 Å². The van der Waals surface area contributed by atoms with Gasteiger partial charge in [-0.15, -0.1) is 8.42 Å². The summed E-state index contributed by atoms with van der Waals surface area (Å²) in [4.78, 5) is 0. The molecule has 0 radical (unpaired) electrons. The zero-order chi connectivity index (χ0) is 19.5. The monoisotopic (exact) mass is 390 g/mol. The first-order valence-corrected chi connectivity index (χ1v) is 11.2. The van der Waals surface area contributed by atoms with Gasteiger partial charge < -0.3 is 8.37 Å². The summed E-state index contributed by atoms with van der Waals surface area (Å²) >= 11 is 0. The van der Waals surface area contributed by atoms with Crippen LogP contribution in [0.3, 0.4) is 0 Å². The Balaban J connectivity index is 2.10. The first kappa shape index (κ1) is 21.3. The van der Waals surface area contributed by atoms with Gasteiger partial charge in [-0.1, -0.05) is 75.9 Å². The van der Waals surface area contributed by atoms with Crippen molar-refractivity contribution in [1.29, 1.82) is 0 Å². The standard InChI is InChI=1S/C22H30O4S/c1-3-5-7-13-19-15-9-11-17-21(19)25-27(23,24)26-22-18-12-10-16-20(22)14-8-6-4-2/h9-12,15-18H,3-8,13-14H2,1-2H3. The highest BCUT2D eigenvalue weighted by Crippen LogP contribution is 2.26. The first-order valence-electron chi connectivity index (χ1n) is 9.85. The van der Waals surface area contributed by atoms with Gasteiger partial charge in [0.2, 0.25) is 0 Å². The second-order valence-electron chi connectivity index (χ2n) is 6.70. The predicted molar refractivity (Wildman–Crippen MR) is 110 cm³/mol. The Morgan fingerprint density at radius 3 is 1.48 bits per heavy atom. The number of aryl methyl sites for hydroxylation is 2. The van der Waals surface area contributed by atoms with Crippen LogP contribution < -0.4 is 8.37 Å². The van der Waals surface area contributed by atoms with Gasteiger partial charge in [-0.05, 0) is 48.9 Å². The van der Waals surface area contributed by atoms with E-state index in [0.717, 1.165) is 62.5 Å². The smallest absolute Gasteiger partial charge is 0.353 e. The molecular weight excluding hydrogens is 360 g/mol. The Hall–Kier alpha value is -2.01. The molecule has 0 saturated heterocycles. The Kier molecular flexibility index (Phi) is 8.65. The fourth-order valence-corrected chi connectivity index (χ4v) is 3.75. The molecule has 5 heteroatoms. The Morgan fingerprint density at radius 2 is 1.07 bits per heavy atom. The summed E-state index contributed by atoms with van der Waals surface area (Å²) in [5.74, 6) is 0.689. The summed E-state index contributed by atoms with van der Waals surface area (Å²) in [6, 6.07) is 14.5. The molecule has 0 aromatic heterocycles. The molecule has 148 valence electrons. The van der Waals surface area contributed by atoms with E-state index >= 15 is 0 Å². The van der Waals surface area contributed by atoms with E-state index in [0.29, 0.717) is 11.5 Å². The van der Waals surface area contributed by atoms with Gasteiger partial charge in [0.25, 0.3) is 0 Å². The van der Waals surface area contributed by atoms with Gasteiger partial charge in [0.1, 0.15) is 11.5 Å². The van der Waals surface area contributed by atoms with E-state index in [4.69, 9.17) is 8.37 Å². The van der Waals surface area contributed by atoms with E-state index in [1.165, 1.54) is 0 Å². The topological polar surface area (TPSA) is 52.6 Å². The van der Waals surface area contributed by atoms with Crippen molar-refractivity contribution < 1.29 is 16.8 Å². The number of para-hydroxylation sites is 2. The molecule has 0 N–H and O–H groups in total. The van der Waals surface area contributed by atoms with Crippen molar-refractivity contribution >= 4 is 10.4 Å². The van der Waals surface area contributed by atoms with Crippen molar-refractivity contribution in [2.75, 3.05) is 0 Å². The zero-order valence-electron chi connectivity index (χ0n) is 16.3. The molecule has 0 bridgehead atoms. The van der Waals surface area contributed by atoms with Crippen LogP contribution in [0.15, 0.2) is 48.5 Å². The van der Waals surface area contributed by atoms with Crippen molar-refractivity contribution in [2.45, 2.75) is 65.2 Å². The van der Waals surface area contributed by atoms with Gasteiger partial charge in [0.05, 0.1) is 0 Å². The third kappa shape index (κ3) is 7.25. The maximum absolute atomic E-state index is 12.5. The van der Waals surface area contributed by atoms with Gasteiger partial charge in [-0.3, -0.25) is 0 Å². The molecule has 0 heterocycles. The van der Waals surface area contributed by atoms with E-state index in [1.54, 1.807) is 24.3 Å². The molecule has 2 aromatic carbocycles. The summed E-state index contributed by atoms with van der Waals surface area (Å²) in [5.41, 5.74) is 1.77. The van der Waals surface area contributed by atoms with Gasteiger partial charge in [-0.2, -0.15) is 0 Å². The van der Waals surface area contributed by atoms with Crippen LogP contribution in [0, 0.1) is 0 Å². The Bertz CT molecular complexity index is 738. The largest absolute Gasteiger partial charge is 0.501 e. The Morgan fingerprint density at radius 1 is 0.667 bits per heavy atom. The summed E-state index contributed by atoms with van der Waals surface area (Å²) in [6.07, 6.45) is 7.99. The van der Waals surface area contributed by atoms with Gasteiger partial charge >= 0.3 is 10.4 Å². The molecule has 0 spiro atoms. The molecule has 0 unspecified atom stereocenters. The molecule has 0 fully saturated rings. The summed E-state index contributed by atoms with van der Waals surface area (Å²) in [6.45, 7) is 4.28. The summed E-state index contributed by atoms with van der Waals surface area (Å²) in [7, 11) is -4.19. The molecule has 2 rings (SSSR count). The lowest BCUT2D eigenvalue weighted by Crippen LogP contribution is -2.18. The number of benzene rings is 2. The lowest BCUT2D eigenvalue weighted by atomic mass is 10.1. The van der Waals surface area contributed by atoms with Crippen LogP contribution >= 0.6 is 0 Å². The van der Waals surface area contributed by atoms with Crippen molar-refractivity contribution in [1.82, 2.24) is 0 Å². The summed E-state index contributed by atoms with van der Waals surface area (Å²) in [5, 5.41) is 0. The SMILES string of the molecule is CCCCCc1ccccc1OS(=O)(=O)Oc1ccccc1CCCCC. The van der Waals surface area contributed by atoms with Crippen LogP contribution in [0.25, 0.3) is 0 Å². The van der Waals surface area contributed by atoms with Crippen LogP contribution in [-0.4, -0.2) is 8.42 Å². The zero-order valence-corrected chi connectivity index (χ0v) is 17.1. The number of unbranched alkanes of at least 4 members (excludes halogenated alkanes) is 4. The fraction of sp³-hybridized carbons (Fsp3) is 0.455. The third-order valence-corrected chi connectivity index (χ3v) is 5.20. The molecular formula is C22H30O4S. The van der Waals surface area contributed by atoms with Crippen LogP contribution in [0.5, 0.6) is 11.5 Å². The molecule has 0 aliphatic heterocycles. The maximum atomic E-state index is 12.5. The minimum absolute atomic E-state index is 0.345. The highest BCUT2D eigenvalue weighted by Gasteiger charge is 2.19. The minimum Gasteiger partial charge on any atom is -0.353 e. The highest BCUT2D eigenvalue weighted by atomic mass is 32.3. The average molecular weight is 391 g/mol. The van der Waals surface area contributed by atoms with Crippen LogP contribution in [0.2, 0.25) is 0 Å². The van der Waals surface area contributed by atoms with Crippen molar-refractivity contribution in [3.8, 4) is 11.5 Å². The number of hydrogen-bond donors (Lipinski definition) is 0. The molecule has 27 heavy (non-hydrogen) atoms. The van der Waals surface area contributed by atoms with E-state index < -0.39 is 10.4 Å². The van der Waals surface area contributed by atoms with E-state index in [2.05, 4.69) is 13.8 Å². The molecule has 0 aliphatic rings. The second kappa shape index (κ2) is 11.0. The molecule has 0 aliphatic carbocycles. The van der Waals surface area contributed by atoms with Crippen molar-refractivity contribution in [3.63, 3.8) is 0 Å². The molecule has 0 amide bonds. The van der Waals surface area contributed by atoms with E-state index in [9.17, 15) is 8.42 Å². The van der Waals surface area contributed by atoms with Crippen LogP contribution in [-0.2, 0) is 23.2 Å². The molecule has 0 atom stereocenters. The number of rotatable bonds is 12. The first-order chi connectivity index (χ1) is 13.1. The third-order valence-electron chi connectivity index (χ3n) is 4.43. The maximum Gasteiger partial charge on any atom is 0.501 e. The van der Waals surface area contributed by atoms with Gasteiger partial charge in [-0.25, -0.2) is 0 Å². The fourth-order valence-electron chi connectivity index (χ4n) is 2.95. The van der Waals surface area contributed by atoms with Crippen LogP contribution in [0.1, 0.15) is 63.5 Å². The minimum atomic E-state index is -4.19. The second-order valence-corrected chi connectivity index (χ2v) is 7.85. The molecule has 2 aromatic rings. The average Bonchev–Trinajstić information content (AvgIpc) is 2.64. The van der Waals surface area contributed by atoms with Gasteiger partial charge in [0.15, 0.2) is 0 Å². The number of hydrogen-bond acceptors (Lipinski definition) is 4. The van der Waals surface area contributed by atoms with E-state index in [1.807, 2.05) is 24.3 Å². The van der Waals surface area contributed by atoms with Crippen LogP contribution in [0.4, 0.5) is 0 Å². The quantitative estimate of drug-likeness (QED) is 0.426.